The van der Waals surface area contributed by atoms with Gasteiger partial charge in [-0.25, -0.2) is 23.1 Å². The summed E-state index contributed by atoms with van der Waals surface area (Å²) in [5, 5.41) is 2.99. The molecule has 5 rings (SSSR count). The third kappa shape index (κ3) is 4.75. The number of alkyl halides is 2. The number of nitrogens with zero attached hydrogens (tertiary/aromatic N) is 4. The summed E-state index contributed by atoms with van der Waals surface area (Å²) in [4.78, 5) is 34.1. The minimum atomic E-state index is -2.87. The zero-order chi connectivity index (χ0) is 25.2. The molecule has 0 spiro atoms. The van der Waals surface area contributed by atoms with E-state index in [2.05, 4.69) is 15.3 Å². The lowest BCUT2D eigenvalue weighted by Crippen LogP contribution is -2.39. The number of amides is 1. The lowest BCUT2D eigenvalue weighted by molar-refractivity contribution is 0.0904. The van der Waals surface area contributed by atoms with Crippen molar-refractivity contribution in [2.24, 2.45) is 5.92 Å². The molecule has 1 aromatic carbocycles. The van der Waals surface area contributed by atoms with Gasteiger partial charge in [0.1, 0.15) is 11.5 Å². The van der Waals surface area contributed by atoms with Crippen molar-refractivity contribution < 1.29 is 13.6 Å². The number of carbonyl (C=O) groups is 1. The predicted molar refractivity (Wildman–Crippen MR) is 133 cm³/mol. The highest BCUT2D eigenvalue weighted by molar-refractivity contribution is 6.30. The average Bonchev–Trinajstić information content (AvgIpc) is 3.16. The average molecular weight is 512 g/mol. The summed E-state index contributed by atoms with van der Waals surface area (Å²) in [5.41, 5.74) is 0.727. The maximum atomic E-state index is 13.4. The van der Waals surface area contributed by atoms with Crippen molar-refractivity contribution in [3.63, 3.8) is 0 Å². The van der Waals surface area contributed by atoms with Gasteiger partial charge < -0.3 is 5.32 Å². The number of hydrogen-bond acceptors (Lipinski definition) is 4. The molecule has 3 aromatic heterocycles. The first-order valence-electron chi connectivity index (χ1n) is 11.8. The van der Waals surface area contributed by atoms with E-state index < -0.39 is 18.0 Å². The lowest BCUT2D eigenvalue weighted by atomic mass is 9.85. The highest BCUT2D eigenvalue weighted by atomic mass is 35.5. The Labute approximate surface area is 210 Å². The smallest absolute Gasteiger partial charge is 0.334 e. The Morgan fingerprint density at radius 2 is 1.78 bits per heavy atom. The van der Waals surface area contributed by atoms with Crippen molar-refractivity contribution in [1.82, 2.24) is 24.4 Å². The van der Waals surface area contributed by atoms with Gasteiger partial charge in [0.2, 0.25) is 0 Å². The third-order valence-corrected chi connectivity index (χ3v) is 6.88. The van der Waals surface area contributed by atoms with Gasteiger partial charge in [0.25, 0.3) is 12.3 Å². The molecule has 0 aliphatic heterocycles. The van der Waals surface area contributed by atoms with Crippen LogP contribution in [0, 0.1) is 5.92 Å². The fourth-order valence-electron chi connectivity index (χ4n) is 4.91. The Morgan fingerprint density at radius 1 is 1.06 bits per heavy atom. The molecule has 0 saturated heterocycles. The second kappa shape index (κ2) is 10.2. The van der Waals surface area contributed by atoms with E-state index in [4.69, 9.17) is 11.6 Å². The molecule has 0 unspecified atom stereocenters. The summed E-state index contributed by atoms with van der Waals surface area (Å²) < 4.78 is 30.0. The molecule has 1 fully saturated rings. The first-order valence-corrected chi connectivity index (χ1v) is 12.2. The van der Waals surface area contributed by atoms with E-state index >= 15 is 0 Å². The van der Waals surface area contributed by atoms with Crippen molar-refractivity contribution in [1.29, 1.82) is 0 Å². The van der Waals surface area contributed by atoms with Crippen molar-refractivity contribution in [2.75, 3.05) is 0 Å². The number of fused-ring (bicyclic) bond motifs is 1. The van der Waals surface area contributed by atoms with Crippen LogP contribution in [0.2, 0.25) is 5.02 Å². The van der Waals surface area contributed by atoms with Gasteiger partial charge in [-0.2, -0.15) is 0 Å². The minimum Gasteiger partial charge on any atom is -0.349 e. The predicted octanol–water partition coefficient (Wildman–Crippen LogP) is 5.16. The molecule has 186 valence electrons. The van der Waals surface area contributed by atoms with Crippen molar-refractivity contribution >= 4 is 28.5 Å². The molecule has 0 radical (unpaired) electrons. The molecule has 1 aliphatic carbocycles. The lowest BCUT2D eigenvalue weighted by Gasteiger charge is -2.29. The van der Waals surface area contributed by atoms with E-state index in [1.54, 1.807) is 21.4 Å². The van der Waals surface area contributed by atoms with Gasteiger partial charge in [-0.15, -0.1) is 0 Å². The molecule has 4 aromatic rings. The van der Waals surface area contributed by atoms with E-state index in [0.29, 0.717) is 25.2 Å². The molecule has 0 atom stereocenters. The van der Waals surface area contributed by atoms with Crippen LogP contribution in [-0.2, 0) is 6.54 Å². The maximum absolute atomic E-state index is 13.4. The summed E-state index contributed by atoms with van der Waals surface area (Å²) in [6.45, 7) is 0.549. The first kappa shape index (κ1) is 24.1. The summed E-state index contributed by atoms with van der Waals surface area (Å²) >= 11 is 5.88. The fourth-order valence-corrected chi connectivity index (χ4v) is 5.07. The van der Waals surface area contributed by atoms with E-state index in [1.807, 2.05) is 36.4 Å². The number of nitrogens with one attached hydrogen (secondary N) is 1. The van der Waals surface area contributed by atoms with E-state index in [0.717, 1.165) is 30.1 Å². The third-order valence-electron chi connectivity index (χ3n) is 6.67. The number of halogens is 3. The zero-order valence-electron chi connectivity index (χ0n) is 19.3. The van der Waals surface area contributed by atoms with Gasteiger partial charge in [0, 0.05) is 25.0 Å². The van der Waals surface area contributed by atoms with Crippen LogP contribution in [0.3, 0.4) is 0 Å². The molecular weight excluding hydrogens is 488 g/mol. The number of imidazole rings is 1. The topological polar surface area (TPSA) is 81.8 Å². The second-order valence-electron chi connectivity index (χ2n) is 8.98. The summed E-state index contributed by atoms with van der Waals surface area (Å²) in [6, 6.07) is 14.2. The second-order valence-corrected chi connectivity index (χ2v) is 9.42. The summed E-state index contributed by atoms with van der Waals surface area (Å²) in [6.07, 6.45) is 2.84. The van der Waals surface area contributed by atoms with Crippen LogP contribution < -0.4 is 11.0 Å². The van der Waals surface area contributed by atoms with Crippen molar-refractivity contribution in [2.45, 2.75) is 44.7 Å². The van der Waals surface area contributed by atoms with Crippen LogP contribution in [0.4, 0.5) is 8.78 Å². The van der Waals surface area contributed by atoms with Crippen molar-refractivity contribution in [3.05, 3.63) is 87.7 Å². The van der Waals surface area contributed by atoms with Crippen LogP contribution in [-0.4, -0.2) is 31.1 Å². The van der Waals surface area contributed by atoms with E-state index in [-0.39, 0.29) is 28.2 Å². The summed E-state index contributed by atoms with van der Waals surface area (Å²) in [7, 11) is 0. The molecule has 1 saturated carbocycles. The highest BCUT2D eigenvalue weighted by Gasteiger charge is 2.27. The first-order chi connectivity index (χ1) is 17.4. The molecule has 1 N–H and O–H groups in total. The van der Waals surface area contributed by atoms with Gasteiger partial charge >= 0.3 is 5.69 Å². The minimum absolute atomic E-state index is 0.128. The number of rotatable bonds is 6. The van der Waals surface area contributed by atoms with Crippen LogP contribution in [0.5, 0.6) is 0 Å². The van der Waals surface area contributed by atoms with Crippen LogP contribution >= 0.6 is 11.6 Å². The van der Waals surface area contributed by atoms with Gasteiger partial charge in [0.05, 0.1) is 21.6 Å². The highest BCUT2D eigenvalue weighted by Crippen LogP contribution is 2.28. The van der Waals surface area contributed by atoms with Crippen LogP contribution in [0.1, 0.15) is 48.2 Å². The van der Waals surface area contributed by atoms with Gasteiger partial charge in [-0.1, -0.05) is 29.8 Å². The fraction of sp³-hybridized carbons (Fsp3) is 0.308. The summed E-state index contributed by atoms with van der Waals surface area (Å²) in [5.74, 6) is 0.212. The SMILES string of the molecule is O=C(NC1CCC(Cn2c(=O)n(-c3ccccn3)c3ccccc32)CC1)c1cc(Cl)cnc1C(F)F. The standard InChI is InChI=1S/C26H24ClF2N5O2/c27-17-13-19(23(24(28)29)31-14-17)25(35)32-18-10-8-16(9-11-18)15-33-20-5-1-2-6-21(20)34(26(33)36)22-7-3-4-12-30-22/h1-7,12-14,16,18,24H,8-11,15H2,(H,32,35). The van der Waals surface area contributed by atoms with Gasteiger partial charge in [-0.3, -0.25) is 14.3 Å². The van der Waals surface area contributed by atoms with E-state index in [9.17, 15) is 18.4 Å². The number of para-hydroxylation sites is 2. The number of hydrogen-bond donors (Lipinski definition) is 1. The molecular formula is C26H24ClF2N5O2. The molecule has 1 amide bonds. The zero-order valence-corrected chi connectivity index (χ0v) is 20.0. The quantitative estimate of drug-likeness (QED) is 0.387. The Morgan fingerprint density at radius 3 is 2.47 bits per heavy atom. The molecule has 0 bridgehead atoms. The molecule has 10 heteroatoms. The Kier molecular flexibility index (Phi) is 6.82. The molecule has 36 heavy (non-hydrogen) atoms. The van der Waals surface area contributed by atoms with Crippen LogP contribution in [0.15, 0.2) is 65.7 Å². The van der Waals surface area contributed by atoms with E-state index in [1.165, 1.54) is 6.07 Å². The van der Waals surface area contributed by atoms with Crippen LogP contribution in [0.25, 0.3) is 16.9 Å². The maximum Gasteiger partial charge on any atom is 0.334 e. The monoisotopic (exact) mass is 511 g/mol. The number of pyridine rings is 2. The number of aromatic nitrogens is 4. The van der Waals surface area contributed by atoms with Crippen molar-refractivity contribution in [3.8, 4) is 5.82 Å². The molecule has 3 heterocycles. The largest absolute Gasteiger partial charge is 0.349 e. The molecule has 7 nitrogen and oxygen atoms in total. The Balaban J connectivity index is 1.29. The normalized spacial score (nSPS) is 18.0. The van der Waals surface area contributed by atoms with Gasteiger partial charge in [0.15, 0.2) is 0 Å². The molecule has 1 aliphatic rings. The Bertz CT molecular complexity index is 1450. The number of carbonyl (C=O) groups excluding carboxylic acids is 1. The van der Waals surface area contributed by atoms with Gasteiger partial charge in [-0.05, 0) is 61.9 Å². The number of benzene rings is 1. The Hall–Kier alpha value is -3.59.